The second-order valence-electron chi connectivity index (χ2n) is 10.6. The molecule has 244 valence electrons. The number of imidazole rings is 1. The molecular weight excluding hydrogens is 692 g/mol. The van der Waals surface area contributed by atoms with E-state index >= 15 is 0 Å². The van der Waals surface area contributed by atoms with Gasteiger partial charge in [-0.05, 0) is 24.1 Å². The molecule has 0 radical (unpaired) electrons. The summed E-state index contributed by atoms with van der Waals surface area (Å²) < 4.78 is 44.3. The number of nitrogens with two attached hydrogens (primary N) is 2. The number of aromatic nitrogens is 7. The van der Waals surface area contributed by atoms with Gasteiger partial charge >= 0.3 is 18.4 Å². The average molecular weight is 722 g/mol. The van der Waals surface area contributed by atoms with Crippen LogP contribution in [0, 0.1) is 11.8 Å². The summed E-state index contributed by atoms with van der Waals surface area (Å²) >= 11 is 9.90. The molecule has 0 aliphatic carbocycles. The molecule has 4 aromatic rings. The average Bonchev–Trinajstić information content (AvgIpc) is 3.71. The number of hydrogen-bond acceptors (Lipinski definition) is 16. The first-order valence-corrected chi connectivity index (χ1v) is 19.6. The summed E-state index contributed by atoms with van der Waals surface area (Å²) in [5.41, 5.74) is 12.9. The van der Waals surface area contributed by atoms with E-state index in [1.807, 2.05) is 6.92 Å². The highest BCUT2D eigenvalue weighted by molar-refractivity contribution is 8.44. The van der Waals surface area contributed by atoms with E-state index in [2.05, 4.69) is 37.2 Å². The smallest absolute Gasteiger partial charge is 0.382 e. The normalized spacial score (nSPS) is 29.8. The Balaban J connectivity index is 1.18. The van der Waals surface area contributed by atoms with Crippen LogP contribution in [0.4, 0.5) is 11.6 Å². The van der Waals surface area contributed by atoms with Gasteiger partial charge in [-0.2, -0.15) is 0 Å². The quantitative estimate of drug-likeness (QED) is 0.116. The van der Waals surface area contributed by atoms with Gasteiger partial charge in [0, 0.05) is 5.92 Å². The molecule has 4 aromatic heterocycles. The molecular formula is C22H29N9O9P2S3. The Labute approximate surface area is 269 Å². The van der Waals surface area contributed by atoms with Crippen LogP contribution in [0.25, 0.3) is 21.5 Å². The lowest BCUT2D eigenvalue weighted by Crippen LogP contribution is -2.29. The molecule has 6 N–H and O–H groups in total. The SMILES string of the molecule is CC1C[C@H](n2c(=O)sc3c(N)ncnc32)OC1COP(O)(=S)OC1C(C)[C@@H](COP(=O)(O)S)O[C@H]1n1cnc2c(N)ncnc21. The van der Waals surface area contributed by atoms with E-state index in [0.29, 0.717) is 27.9 Å². The summed E-state index contributed by atoms with van der Waals surface area (Å²) in [6.45, 7) is -4.87. The van der Waals surface area contributed by atoms with Crippen LogP contribution in [0.3, 0.4) is 0 Å². The standard InChI is InChI=1S/C22H29N9O9P2S3/c1-9-3-13(31-20-16(45-22(31)32)18(24)26-7-28-20)38-11(9)4-37-42(35,44)40-15-10(2)12(5-36-41(33,34)43)39-21(15)30-8-29-14-17(23)25-6-27-19(14)30/h6-13,15,21H,3-5H2,1-2H3,(H,35,44)(H2,23,25,27)(H2,24,26,28)(H2,33,34,43)/t9?,10?,11?,12-,13-,15?,21-,42?/m1/s1. The van der Waals surface area contributed by atoms with Gasteiger partial charge in [-0.1, -0.05) is 37.4 Å². The van der Waals surface area contributed by atoms with Crippen molar-refractivity contribution < 1.29 is 37.4 Å². The molecule has 6 heterocycles. The molecule has 0 amide bonds. The summed E-state index contributed by atoms with van der Waals surface area (Å²) in [5.74, 6) is -0.278. The highest BCUT2D eigenvalue weighted by atomic mass is 32.7. The molecule has 9 atom stereocenters. The van der Waals surface area contributed by atoms with Crippen molar-refractivity contribution in [1.29, 1.82) is 0 Å². The molecule has 0 spiro atoms. The molecule has 0 bridgehead atoms. The van der Waals surface area contributed by atoms with Gasteiger partial charge in [-0.15, -0.1) is 0 Å². The highest BCUT2D eigenvalue weighted by Crippen LogP contribution is 2.53. The van der Waals surface area contributed by atoms with Gasteiger partial charge in [-0.3, -0.25) is 18.5 Å². The summed E-state index contributed by atoms with van der Waals surface area (Å²) in [6, 6.07) is 0. The molecule has 18 nitrogen and oxygen atoms in total. The van der Waals surface area contributed by atoms with Gasteiger partial charge in [0.05, 0.1) is 31.7 Å². The first kappa shape index (κ1) is 32.8. The van der Waals surface area contributed by atoms with Gasteiger partial charge in [0.1, 0.15) is 41.0 Å². The largest absolute Gasteiger partial charge is 0.383 e. The van der Waals surface area contributed by atoms with Gasteiger partial charge in [0.25, 0.3) is 0 Å². The molecule has 2 aliphatic heterocycles. The Morgan fingerprint density at radius 3 is 2.49 bits per heavy atom. The zero-order chi connectivity index (χ0) is 32.3. The highest BCUT2D eigenvalue weighted by Gasteiger charge is 2.48. The number of nitrogen functional groups attached to an aromatic ring is 2. The van der Waals surface area contributed by atoms with Crippen molar-refractivity contribution in [3.63, 3.8) is 0 Å². The molecule has 0 aromatic carbocycles. The number of thiazole rings is 1. The van der Waals surface area contributed by atoms with Gasteiger partial charge < -0.3 is 39.8 Å². The van der Waals surface area contributed by atoms with Crippen molar-refractivity contribution in [2.45, 2.75) is 51.0 Å². The summed E-state index contributed by atoms with van der Waals surface area (Å²) in [5, 5.41) is 0. The van der Waals surface area contributed by atoms with Crippen LogP contribution in [0.2, 0.25) is 0 Å². The molecule has 6 rings (SSSR count). The Morgan fingerprint density at radius 2 is 1.76 bits per heavy atom. The Bertz CT molecular complexity index is 1890. The summed E-state index contributed by atoms with van der Waals surface area (Å²) in [6.07, 6.45) is 0.544. The fourth-order valence-electron chi connectivity index (χ4n) is 5.35. The number of rotatable bonds is 10. The van der Waals surface area contributed by atoms with Crippen LogP contribution in [-0.4, -0.2) is 75.4 Å². The minimum atomic E-state index is -4.12. The minimum Gasteiger partial charge on any atom is -0.382 e. The first-order valence-electron chi connectivity index (χ1n) is 13.4. The molecule has 6 unspecified atom stereocenters. The van der Waals surface area contributed by atoms with Crippen molar-refractivity contribution in [2.75, 3.05) is 24.7 Å². The third-order valence-electron chi connectivity index (χ3n) is 7.68. The number of fused-ring (bicyclic) bond motifs is 2. The van der Waals surface area contributed by atoms with Crippen molar-refractivity contribution in [3.8, 4) is 0 Å². The predicted octanol–water partition coefficient (Wildman–Crippen LogP) is 1.98. The van der Waals surface area contributed by atoms with E-state index in [0.717, 1.165) is 11.3 Å². The van der Waals surface area contributed by atoms with Crippen molar-refractivity contribution >= 4 is 82.1 Å². The van der Waals surface area contributed by atoms with E-state index in [4.69, 9.17) is 46.3 Å². The number of nitrogens with zero attached hydrogens (tertiary/aromatic N) is 7. The third-order valence-corrected chi connectivity index (χ3v) is 11.0. The van der Waals surface area contributed by atoms with Crippen molar-refractivity contribution in [3.05, 3.63) is 28.6 Å². The lowest BCUT2D eigenvalue weighted by atomic mass is 10.0. The molecule has 23 heteroatoms. The number of hydrogen-bond donors (Lipinski definition) is 5. The van der Waals surface area contributed by atoms with E-state index in [1.165, 1.54) is 28.1 Å². The van der Waals surface area contributed by atoms with Gasteiger partial charge in [0.2, 0.25) is 0 Å². The van der Waals surface area contributed by atoms with Crippen LogP contribution in [0.5, 0.6) is 0 Å². The van der Waals surface area contributed by atoms with Crippen LogP contribution < -0.4 is 16.3 Å². The topological polar surface area (TPSA) is 247 Å². The van der Waals surface area contributed by atoms with E-state index in [9.17, 15) is 19.1 Å². The maximum atomic E-state index is 12.8. The molecule has 0 saturated carbocycles. The number of thiol groups is 1. The van der Waals surface area contributed by atoms with Crippen LogP contribution in [-0.2, 0) is 39.4 Å². The van der Waals surface area contributed by atoms with Gasteiger partial charge in [0.15, 0.2) is 23.3 Å². The number of ether oxygens (including phenoxy) is 2. The zero-order valence-corrected chi connectivity index (χ0v) is 27.9. The predicted molar refractivity (Wildman–Crippen MR) is 169 cm³/mol. The van der Waals surface area contributed by atoms with Crippen molar-refractivity contribution in [2.24, 2.45) is 11.8 Å². The second kappa shape index (κ2) is 12.5. The van der Waals surface area contributed by atoms with Crippen LogP contribution >= 0.6 is 37.1 Å². The fourth-order valence-corrected chi connectivity index (χ4v) is 8.25. The van der Waals surface area contributed by atoms with Crippen LogP contribution in [0.15, 0.2) is 23.8 Å². The van der Waals surface area contributed by atoms with E-state index < -0.39 is 50.2 Å². The molecule has 2 fully saturated rings. The zero-order valence-electron chi connectivity index (χ0n) is 23.6. The maximum Gasteiger partial charge on any atom is 0.383 e. The van der Waals surface area contributed by atoms with E-state index in [1.54, 1.807) is 6.92 Å². The Kier molecular flexibility index (Phi) is 9.09. The Hall–Kier alpha value is -2.13. The molecule has 45 heavy (non-hydrogen) atoms. The maximum absolute atomic E-state index is 12.8. The van der Waals surface area contributed by atoms with Crippen LogP contribution in [0.1, 0.15) is 32.7 Å². The number of anilines is 2. The monoisotopic (exact) mass is 721 g/mol. The van der Waals surface area contributed by atoms with Crippen molar-refractivity contribution in [1.82, 2.24) is 34.1 Å². The summed E-state index contributed by atoms with van der Waals surface area (Å²) in [7, 11) is 0. The van der Waals surface area contributed by atoms with Gasteiger partial charge in [-0.25, -0.2) is 29.5 Å². The Morgan fingerprint density at radius 1 is 1.07 bits per heavy atom. The third kappa shape index (κ3) is 6.67. The first-order chi connectivity index (χ1) is 21.2. The molecule has 2 saturated heterocycles. The minimum absolute atomic E-state index is 0.0908. The summed E-state index contributed by atoms with van der Waals surface area (Å²) in [4.78, 5) is 53.9. The lowest BCUT2D eigenvalue weighted by Gasteiger charge is -2.27. The fraction of sp³-hybridized carbons (Fsp3) is 0.545. The second-order valence-corrected chi connectivity index (χ2v) is 17.1. The molecule has 2 aliphatic rings. The van der Waals surface area contributed by atoms with E-state index in [-0.39, 0.29) is 35.6 Å². The lowest BCUT2D eigenvalue weighted by molar-refractivity contribution is -0.0487.